The highest BCUT2D eigenvalue weighted by atomic mass is 16.6. The standard InChI is InChI=1S/C12H17NO/c1-3-4-8-14-13-10-12-7-5-6-11(2)9-12/h5-7,9-10H,3-4,8H2,1-2H3. The van der Waals surface area contributed by atoms with Gasteiger partial charge in [-0.25, -0.2) is 0 Å². The summed E-state index contributed by atoms with van der Waals surface area (Å²) in [6.07, 6.45) is 3.95. The number of hydrogen-bond acceptors (Lipinski definition) is 2. The topological polar surface area (TPSA) is 21.6 Å². The molecule has 2 heteroatoms. The first-order valence-corrected chi connectivity index (χ1v) is 5.05. The van der Waals surface area contributed by atoms with Crippen molar-refractivity contribution < 1.29 is 4.84 Å². The first-order chi connectivity index (χ1) is 6.83. The van der Waals surface area contributed by atoms with E-state index in [0.29, 0.717) is 6.61 Å². The molecule has 0 N–H and O–H groups in total. The molecule has 2 nitrogen and oxygen atoms in total. The van der Waals surface area contributed by atoms with Gasteiger partial charge in [0.25, 0.3) is 0 Å². The SMILES string of the molecule is CCCCON=Cc1cccc(C)c1. The van der Waals surface area contributed by atoms with Crippen molar-refractivity contribution in [2.24, 2.45) is 5.16 Å². The van der Waals surface area contributed by atoms with Gasteiger partial charge in [-0.1, -0.05) is 48.3 Å². The zero-order valence-electron chi connectivity index (χ0n) is 8.86. The summed E-state index contributed by atoms with van der Waals surface area (Å²) in [5.41, 5.74) is 2.32. The summed E-state index contributed by atoms with van der Waals surface area (Å²) in [5, 5.41) is 3.90. The van der Waals surface area contributed by atoms with E-state index in [2.05, 4.69) is 31.1 Å². The number of nitrogens with zero attached hydrogens (tertiary/aromatic N) is 1. The van der Waals surface area contributed by atoms with Gasteiger partial charge in [0.05, 0.1) is 6.21 Å². The number of benzene rings is 1. The van der Waals surface area contributed by atoms with Gasteiger partial charge in [0.2, 0.25) is 0 Å². The van der Waals surface area contributed by atoms with Crippen molar-refractivity contribution in [1.82, 2.24) is 0 Å². The Balaban J connectivity index is 2.36. The van der Waals surface area contributed by atoms with Crippen LogP contribution in [0.15, 0.2) is 29.4 Å². The number of hydrogen-bond donors (Lipinski definition) is 0. The summed E-state index contributed by atoms with van der Waals surface area (Å²) in [5.74, 6) is 0. The van der Waals surface area contributed by atoms with Crippen molar-refractivity contribution in [3.63, 3.8) is 0 Å². The molecule has 0 saturated carbocycles. The van der Waals surface area contributed by atoms with Gasteiger partial charge < -0.3 is 4.84 Å². The molecule has 76 valence electrons. The Bertz CT molecular complexity index is 294. The Kier molecular flexibility index (Phi) is 4.76. The summed E-state index contributed by atoms with van der Waals surface area (Å²) in [4.78, 5) is 5.09. The van der Waals surface area contributed by atoms with Crippen molar-refractivity contribution in [1.29, 1.82) is 0 Å². The monoisotopic (exact) mass is 191 g/mol. The predicted octanol–water partition coefficient (Wildman–Crippen LogP) is 3.15. The van der Waals surface area contributed by atoms with Gasteiger partial charge in [-0.3, -0.25) is 0 Å². The molecule has 0 heterocycles. The van der Waals surface area contributed by atoms with Gasteiger partial charge in [0.15, 0.2) is 0 Å². The summed E-state index contributed by atoms with van der Waals surface area (Å²) >= 11 is 0. The minimum atomic E-state index is 0.707. The largest absolute Gasteiger partial charge is 0.396 e. The minimum Gasteiger partial charge on any atom is -0.396 e. The third-order valence-corrected chi connectivity index (χ3v) is 1.91. The Morgan fingerprint density at radius 1 is 1.43 bits per heavy atom. The lowest BCUT2D eigenvalue weighted by atomic mass is 10.2. The van der Waals surface area contributed by atoms with Crippen molar-refractivity contribution in [2.75, 3.05) is 6.61 Å². The summed E-state index contributed by atoms with van der Waals surface area (Å²) < 4.78 is 0. The van der Waals surface area contributed by atoms with Gasteiger partial charge in [0.1, 0.15) is 6.61 Å². The van der Waals surface area contributed by atoms with Crippen LogP contribution in [0.1, 0.15) is 30.9 Å². The third kappa shape index (κ3) is 4.08. The van der Waals surface area contributed by atoms with E-state index in [1.54, 1.807) is 6.21 Å². The number of rotatable bonds is 5. The molecule has 1 aromatic rings. The van der Waals surface area contributed by atoms with Crippen LogP contribution in [-0.4, -0.2) is 12.8 Å². The Labute approximate surface area is 85.6 Å². The van der Waals surface area contributed by atoms with Gasteiger partial charge in [0, 0.05) is 0 Å². The highest BCUT2D eigenvalue weighted by Gasteiger charge is 1.88. The van der Waals surface area contributed by atoms with Crippen LogP contribution in [0.2, 0.25) is 0 Å². The van der Waals surface area contributed by atoms with E-state index in [1.807, 2.05) is 12.1 Å². The van der Waals surface area contributed by atoms with Crippen LogP contribution in [0.25, 0.3) is 0 Å². The van der Waals surface area contributed by atoms with Crippen molar-refractivity contribution >= 4 is 6.21 Å². The maximum atomic E-state index is 5.09. The molecule has 0 aromatic heterocycles. The smallest absolute Gasteiger partial charge is 0.117 e. The van der Waals surface area contributed by atoms with E-state index >= 15 is 0 Å². The van der Waals surface area contributed by atoms with Crippen molar-refractivity contribution in [2.45, 2.75) is 26.7 Å². The molecule has 0 aliphatic rings. The fourth-order valence-electron chi connectivity index (χ4n) is 1.11. The molecule has 0 amide bonds. The lowest BCUT2D eigenvalue weighted by molar-refractivity contribution is 0.143. The molecule has 0 bridgehead atoms. The van der Waals surface area contributed by atoms with E-state index in [-0.39, 0.29) is 0 Å². The van der Waals surface area contributed by atoms with E-state index in [0.717, 1.165) is 18.4 Å². The summed E-state index contributed by atoms with van der Waals surface area (Å²) in [6.45, 7) is 4.90. The first-order valence-electron chi connectivity index (χ1n) is 5.05. The second kappa shape index (κ2) is 6.19. The summed E-state index contributed by atoms with van der Waals surface area (Å²) in [6, 6.07) is 8.17. The van der Waals surface area contributed by atoms with Crippen molar-refractivity contribution in [3.8, 4) is 0 Å². The van der Waals surface area contributed by atoms with Crippen LogP contribution < -0.4 is 0 Å². The van der Waals surface area contributed by atoms with Crippen molar-refractivity contribution in [3.05, 3.63) is 35.4 Å². The predicted molar refractivity (Wildman–Crippen MR) is 59.6 cm³/mol. The van der Waals surface area contributed by atoms with Gasteiger partial charge >= 0.3 is 0 Å². The molecule has 1 rings (SSSR count). The lowest BCUT2D eigenvalue weighted by Gasteiger charge is -1.97. The molecule has 0 aliphatic carbocycles. The molecule has 0 radical (unpaired) electrons. The van der Waals surface area contributed by atoms with Gasteiger partial charge in [-0.05, 0) is 18.9 Å². The van der Waals surface area contributed by atoms with E-state index in [1.165, 1.54) is 5.56 Å². The molecule has 0 saturated heterocycles. The summed E-state index contributed by atoms with van der Waals surface area (Å²) in [7, 11) is 0. The van der Waals surface area contributed by atoms with Crippen LogP contribution in [-0.2, 0) is 4.84 Å². The van der Waals surface area contributed by atoms with E-state index < -0.39 is 0 Å². The molecule has 0 spiro atoms. The molecule has 0 fully saturated rings. The highest BCUT2D eigenvalue weighted by Crippen LogP contribution is 2.01. The maximum Gasteiger partial charge on any atom is 0.117 e. The highest BCUT2D eigenvalue weighted by molar-refractivity contribution is 5.79. The zero-order chi connectivity index (χ0) is 10.2. The van der Waals surface area contributed by atoms with E-state index in [9.17, 15) is 0 Å². The van der Waals surface area contributed by atoms with Crippen LogP contribution >= 0.6 is 0 Å². The first kappa shape index (κ1) is 10.8. The minimum absolute atomic E-state index is 0.707. The van der Waals surface area contributed by atoms with Gasteiger partial charge in [-0.15, -0.1) is 0 Å². The number of aryl methyl sites for hydroxylation is 1. The average molecular weight is 191 g/mol. The molecular formula is C12H17NO. The second-order valence-electron chi connectivity index (χ2n) is 3.34. The number of unbranched alkanes of at least 4 members (excludes halogenated alkanes) is 1. The average Bonchev–Trinajstić information content (AvgIpc) is 2.18. The van der Waals surface area contributed by atoms with Crippen LogP contribution in [0.5, 0.6) is 0 Å². The van der Waals surface area contributed by atoms with Crippen LogP contribution in [0.4, 0.5) is 0 Å². The quantitative estimate of drug-likeness (QED) is 0.398. The molecular weight excluding hydrogens is 174 g/mol. The van der Waals surface area contributed by atoms with E-state index in [4.69, 9.17) is 4.84 Å². The normalized spacial score (nSPS) is 10.7. The second-order valence-corrected chi connectivity index (χ2v) is 3.34. The lowest BCUT2D eigenvalue weighted by Crippen LogP contribution is -1.88. The molecule has 0 aliphatic heterocycles. The molecule has 14 heavy (non-hydrogen) atoms. The Morgan fingerprint density at radius 2 is 2.29 bits per heavy atom. The molecule has 0 atom stereocenters. The fourth-order valence-corrected chi connectivity index (χ4v) is 1.11. The number of oxime groups is 1. The molecule has 0 unspecified atom stereocenters. The Hall–Kier alpha value is -1.31. The van der Waals surface area contributed by atoms with Crippen LogP contribution in [0.3, 0.4) is 0 Å². The third-order valence-electron chi connectivity index (χ3n) is 1.91. The zero-order valence-corrected chi connectivity index (χ0v) is 8.86. The van der Waals surface area contributed by atoms with Gasteiger partial charge in [-0.2, -0.15) is 0 Å². The molecule has 1 aromatic carbocycles. The fraction of sp³-hybridized carbons (Fsp3) is 0.417. The maximum absolute atomic E-state index is 5.09. The van der Waals surface area contributed by atoms with Crippen LogP contribution in [0, 0.1) is 6.92 Å². The Morgan fingerprint density at radius 3 is 3.00 bits per heavy atom.